The molecule has 0 aliphatic carbocycles. The fourth-order valence-corrected chi connectivity index (χ4v) is 2.63. The molecule has 5 heteroatoms. The smallest absolute Gasteiger partial charge is 0.337 e. The zero-order valence-electron chi connectivity index (χ0n) is 14.8. The SMILES string of the molecule is COC(=O)c1ccc(/C=C/C(=O)NC(c2ccccc2)c2ccco2)cc1. The lowest BCUT2D eigenvalue weighted by Crippen LogP contribution is -2.27. The van der Waals surface area contributed by atoms with Crippen LogP contribution in [-0.4, -0.2) is 19.0 Å². The fourth-order valence-electron chi connectivity index (χ4n) is 2.63. The van der Waals surface area contributed by atoms with Crippen LogP contribution < -0.4 is 5.32 Å². The zero-order chi connectivity index (χ0) is 19.1. The van der Waals surface area contributed by atoms with Crippen molar-refractivity contribution < 1.29 is 18.7 Å². The van der Waals surface area contributed by atoms with E-state index in [4.69, 9.17) is 4.42 Å². The molecule has 0 fully saturated rings. The third-order valence-corrected chi connectivity index (χ3v) is 4.01. The van der Waals surface area contributed by atoms with Crippen LogP contribution in [0.2, 0.25) is 0 Å². The molecule has 3 rings (SSSR count). The second-order valence-electron chi connectivity index (χ2n) is 5.81. The Labute approximate surface area is 157 Å². The number of furan rings is 1. The van der Waals surface area contributed by atoms with Crippen LogP contribution in [0.15, 0.2) is 83.5 Å². The first-order chi connectivity index (χ1) is 13.2. The van der Waals surface area contributed by atoms with Crippen molar-refractivity contribution in [2.45, 2.75) is 6.04 Å². The summed E-state index contributed by atoms with van der Waals surface area (Å²) in [5.74, 6) is 0.00935. The van der Waals surface area contributed by atoms with E-state index in [0.717, 1.165) is 11.1 Å². The van der Waals surface area contributed by atoms with Gasteiger partial charge in [0.15, 0.2) is 0 Å². The lowest BCUT2D eigenvalue weighted by atomic mass is 10.0. The van der Waals surface area contributed by atoms with E-state index < -0.39 is 5.97 Å². The molecule has 3 aromatic rings. The van der Waals surface area contributed by atoms with Gasteiger partial charge in [-0.3, -0.25) is 4.79 Å². The van der Waals surface area contributed by atoms with E-state index in [1.54, 1.807) is 42.7 Å². The second kappa shape index (κ2) is 8.67. The van der Waals surface area contributed by atoms with E-state index in [-0.39, 0.29) is 11.9 Å². The molecule has 0 aliphatic heterocycles. The van der Waals surface area contributed by atoms with Crippen LogP contribution in [-0.2, 0) is 9.53 Å². The molecule has 1 atom stereocenters. The maximum absolute atomic E-state index is 12.4. The molecule has 1 heterocycles. The molecule has 1 aromatic heterocycles. The minimum Gasteiger partial charge on any atom is -0.467 e. The maximum atomic E-state index is 12.4. The number of carbonyl (C=O) groups is 2. The molecule has 1 unspecified atom stereocenters. The minimum atomic E-state index is -0.396. The summed E-state index contributed by atoms with van der Waals surface area (Å²) in [5.41, 5.74) is 2.18. The number of ether oxygens (including phenoxy) is 1. The molecule has 1 amide bonds. The van der Waals surface area contributed by atoms with Crippen LogP contribution in [0.5, 0.6) is 0 Å². The molecule has 27 heavy (non-hydrogen) atoms. The number of hydrogen-bond acceptors (Lipinski definition) is 4. The highest BCUT2D eigenvalue weighted by atomic mass is 16.5. The predicted octanol–water partition coefficient (Wildman–Crippen LogP) is 3.99. The monoisotopic (exact) mass is 361 g/mol. The fraction of sp³-hybridized carbons (Fsp3) is 0.0909. The summed E-state index contributed by atoms with van der Waals surface area (Å²) in [5, 5.41) is 2.95. The van der Waals surface area contributed by atoms with Gasteiger partial charge in [-0.2, -0.15) is 0 Å². The number of amides is 1. The van der Waals surface area contributed by atoms with Crippen molar-refractivity contribution in [2.24, 2.45) is 0 Å². The zero-order valence-corrected chi connectivity index (χ0v) is 14.8. The Kier molecular flexibility index (Phi) is 5.84. The third-order valence-electron chi connectivity index (χ3n) is 4.01. The largest absolute Gasteiger partial charge is 0.467 e. The van der Waals surface area contributed by atoms with Crippen molar-refractivity contribution in [3.8, 4) is 0 Å². The van der Waals surface area contributed by atoms with Crippen molar-refractivity contribution in [1.82, 2.24) is 5.32 Å². The lowest BCUT2D eigenvalue weighted by molar-refractivity contribution is -0.117. The van der Waals surface area contributed by atoms with Crippen LogP contribution in [0.1, 0.15) is 33.3 Å². The first-order valence-electron chi connectivity index (χ1n) is 8.42. The number of benzene rings is 2. The van der Waals surface area contributed by atoms with Crippen molar-refractivity contribution in [3.63, 3.8) is 0 Å². The molecular formula is C22H19NO4. The van der Waals surface area contributed by atoms with Gasteiger partial charge < -0.3 is 14.5 Å². The van der Waals surface area contributed by atoms with Gasteiger partial charge in [-0.25, -0.2) is 4.79 Å². The predicted molar refractivity (Wildman–Crippen MR) is 102 cm³/mol. The average Bonchev–Trinajstić information content (AvgIpc) is 3.25. The third kappa shape index (κ3) is 4.73. The summed E-state index contributed by atoms with van der Waals surface area (Å²) in [4.78, 5) is 23.8. The molecule has 0 radical (unpaired) electrons. The van der Waals surface area contributed by atoms with E-state index in [1.807, 2.05) is 36.4 Å². The molecule has 2 aromatic carbocycles. The Hall–Kier alpha value is -3.60. The summed E-state index contributed by atoms with van der Waals surface area (Å²) in [6.07, 6.45) is 4.71. The summed E-state index contributed by atoms with van der Waals surface area (Å²) in [6.45, 7) is 0. The van der Waals surface area contributed by atoms with Gasteiger partial charge in [-0.05, 0) is 41.5 Å². The summed E-state index contributed by atoms with van der Waals surface area (Å²) in [7, 11) is 1.34. The lowest BCUT2D eigenvalue weighted by Gasteiger charge is -2.16. The number of methoxy groups -OCH3 is 1. The molecule has 1 N–H and O–H groups in total. The number of rotatable bonds is 6. The van der Waals surface area contributed by atoms with E-state index in [1.165, 1.54) is 13.2 Å². The number of carbonyl (C=O) groups excluding carboxylic acids is 2. The van der Waals surface area contributed by atoms with Gasteiger partial charge >= 0.3 is 5.97 Å². The van der Waals surface area contributed by atoms with Crippen LogP contribution in [0.3, 0.4) is 0 Å². The van der Waals surface area contributed by atoms with Crippen LogP contribution in [0.25, 0.3) is 6.08 Å². The molecule has 0 spiro atoms. The molecule has 0 saturated carbocycles. The molecule has 0 aliphatic rings. The Morgan fingerprint density at radius 2 is 1.74 bits per heavy atom. The summed E-state index contributed by atoms with van der Waals surface area (Å²) < 4.78 is 10.1. The van der Waals surface area contributed by atoms with E-state index >= 15 is 0 Å². The van der Waals surface area contributed by atoms with Gasteiger partial charge in [0.1, 0.15) is 11.8 Å². The number of hydrogen-bond donors (Lipinski definition) is 1. The standard InChI is InChI=1S/C22H19NO4/c1-26-22(25)18-12-9-16(10-13-18)11-14-20(24)23-21(19-8-5-15-27-19)17-6-3-2-4-7-17/h2-15,21H,1H3,(H,23,24)/b14-11+. The van der Waals surface area contributed by atoms with E-state index in [2.05, 4.69) is 10.1 Å². The molecule has 0 saturated heterocycles. The Bertz CT molecular complexity index is 913. The van der Waals surface area contributed by atoms with Crippen molar-refractivity contribution in [1.29, 1.82) is 0 Å². The Morgan fingerprint density at radius 3 is 2.37 bits per heavy atom. The normalized spacial score (nSPS) is 11.9. The highest BCUT2D eigenvalue weighted by molar-refractivity contribution is 5.93. The van der Waals surface area contributed by atoms with Crippen molar-refractivity contribution in [3.05, 3.63) is 102 Å². The van der Waals surface area contributed by atoms with Crippen LogP contribution in [0.4, 0.5) is 0 Å². The average molecular weight is 361 g/mol. The van der Waals surface area contributed by atoms with Crippen molar-refractivity contribution >= 4 is 18.0 Å². The molecular weight excluding hydrogens is 342 g/mol. The van der Waals surface area contributed by atoms with Crippen LogP contribution >= 0.6 is 0 Å². The first-order valence-corrected chi connectivity index (χ1v) is 8.42. The van der Waals surface area contributed by atoms with Gasteiger partial charge in [0.25, 0.3) is 0 Å². The summed E-state index contributed by atoms with van der Waals surface area (Å²) in [6, 6.07) is 19.6. The van der Waals surface area contributed by atoms with Gasteiger partial charge in [-0.1, -0.05) is 42.5 Å². The first kappa shape index (κ1) is 18.2. The van der Waals surface area contributed by atoms with E-state index in [0.29, 0.717) is 11.3 Å². The van der Waals surface area contributed by atoms with Gasteiger partial charge in [0.05, 0.1) is 18.9 Å². The Balaban J connectivity index is 1.71. The topological polar surface area (TPSA) is 68.5 Å². The Morgan fingerprint density at radius 1 is 1.00 bits per heavy atom. The number of esters is 1. The van der Waals surface area contributed by atoms with Crippen LogP contribution in [0, 0.1) is 0 Å². The quantitative estimate of drug-likeness (QED) is 0.532. The highest BCUT2D eigenvalue weighted by Crippen LogP contribution is 2.22. The van der Waals surface area contributed by atoms with Gasteiger partial charge in [0, 0.05) is 6.08 Å². The van der Waals surface area contributed by atoms with Gasteiger partial charge in [0.2, 0.25) is 5.91 Å². The number of nitrogens with one attached hydrogen (secondary N) is 1. The van der Waals surface area contributed by atoms with Gasteiger partial charge in [-0.15, -0.1) is 0 Å². The minimum absolute atomic E-state index is 0.253. The molecule has 5 nitrogen and oxygen atoms in total. The molecule has 0 bridgehead atoms. The highest BCUT2D eigenvalue weighted by Gasteiger charge is 2.18. The van der Waals surface area contributed by atoms with Crippen molar-refractivity contribution in [2.75, 3.05) is 7.11 Å². The van der Waals surface area contributed by atoms with E-state index in [9.17, 15) is 9.59 Å². The molecule has 136 valence electrons. The summed E-state index contributed by atoms with van der Waals surface area (Å²) >= 11 is 0. The second-order valence-corrected chi connectivity index (χ2v) is 5.81. The maximum Gasteiger partial charge on any atom is 0.337 e.